The molecule has 1 amide bonds. The molecule has 1 aromatic rings. The summed E-state index contributed by atoms with van der Waals surface area (Å²) in [5, 5.41) is 3.28. The lowest BCUT2D eigenvalue weighted by Gasteiger charge is -2.33. The maximum Gasteiger partial charge on any atom is 0.228 e. The van der Waals surface area contributed by atoms with E-state index in [1.165, 1.54) is 5.56 Å². The Kier molecular flexibility index (Phi) is 5.75. The van der Waals surface area contributed by atoms with Crippen molar-refractivity contribution in [2.75, 3.05) is 39.5 Å². The summed E-state index contributed by atoms with van der Waals surface area (Å²) in [6, 6.07) is 8.91. The van der Waals surface area contributed by atoms with E-state index in [1.807, 2.05) is 0 Å². The van der Waals surface area contributed by atoms with E-state index in [2.05, 4.69) is 34.5 Å². The molecule has 4 aliphatic heterocycles. The molecule has 0 radical (unpaired) electrons. The molecule has 0 aromatic heterocycles. The van der Waals surface area contributed by atoms with E-state index in [-0.39, 0.29) is 23.9 Å². The molecule has 1 unspecified atom stereocenters. The van der Waals surface area contributed by atoms with Crippen LogP contribution in [0.15, 0.2) is 24.3 Å². The Morgan fingerprint density at radius 1 is 1.00 bits per heavy atom. The number of hydrogen-bond donors (Lipinski definition) is 1. The van der Waals surface area contributed by atoms with E-state index >= 15 is 0 Å². The minimum atomic E-state index is 0.0230. The van der Waals surface area contributed by atoms with Crippen LogP contribution in [0.2, 0.25) is 0 Å². The molecule has 29 heavy (non-hydrogen) atoms. The minimum Gasteiger partial charge on any atom is -0.492 e. The second kappa shape index (κ2) is 8.62. The fourth-order valence-electron chi connectivity index (χ4n) is 5.27. The predicted octanol–water partition coefficient (Wildman–Crippen LogP) is 2.33. The molecule has 2 atom stereocenters. The Morgan fingerprint density at radius 3 is 2.62 bits per heavy atom. The second-order valence-corrected chi connectivity index (χ2v) is 8.93. The summed E-state index contributed by atoms with van der Waals surface area (Å²) >= 11 is 0. The molecular formula is C23H32N2O4. The lowest BCUT2D eigenvalue weighted by molar-refractivity contribution is -0.140. The topological polar surface area (TPSA) is 60.0 Å². The van der Waals surface area contributed by atoms with Crippen LogP contribution >= 0.6 is 0 Å². The van der Waals surface area contributed by atoms with Crippen LogP contribution in [-0.2, 0) is 14.3 Å². The Labute approximate surface area is 172 Å². The van der Waals surface area contributed by atoms with E-state index < -0.39 is 0 Å². The summed E-state index contributed by atoms with van der Waals surface area (Å²) in [5.74, 6) is 1.77. The number of amides is 1. The molecular weight excluding hydrogens is 368 g/mol. The Bertz CT molecular complexity index is 715. The number of nitrogens with zero attached hydrogens (tertiary/aromatic N) is 1. The van der Waals surface area contributed by atoms with Crippen molar-refractivity contribution in [3.8, 4) is 5.75 Å². The number of benzene rings is 1. The number of carbonyl (C=O) groups is 1. The highest BCUT2D eigenvalue weighted by molar-refractivity contribution is 5.80. The van der Waals surface area contributed by atoms with Gasteiger partial charge in [-0.15, -0.1) is 0 Å². The zero-order valence-corrected chi connectivity index (χ0v) is 17.1. The normalized spacial score (nSPS) is 33.2. The third kappa shape index (κ3) is 4.16. The zero-order chi connectivity index (χ0) is 19.6. The molecule has 6 nitrogen and oxygen atoms in total. The Balaban J connectivity index is 1.30. The third-order valence-electron chi connectivity index (χ3n) is 7.17. The zero-order valence-electron chi connectivity index (χ0n) is 17.1. The van der Waals surface area contributed by atoms with Crippen molar-refractivity contribution >= 4 is 5.91 Å². The van der Waals surface area contributed by atoms with Crippen molar-refractivity contribution < 1.29 is 19.0 Å². The van der Waals surface area contributed by atoms with Crippen molar-refractivity contribution in [1.29, 1.82) is 0 Å². The summed E-state index contributed by atoms with van der Waals surface area (Å²) in [5.41, 5.74) is 1.36. The van der Waals surface area contributed by atoms with E-state index in [4.69, 9.17) is 14.2 Å². The largest absolute Gasteiger partial charge is 0.492 e. The van der Waals surface area contributed by atoms with Gasteiger partial charge in [0.1, 0.15) is 12.4 Å². The molecule has 1 N–H and O–H groups in total. The van der Waals surface area contributed by atoms with E-state index in [9.17, 15) is 4.79 Å². The van der Waals surface area contributed by atoms with Crippen molar-refractivity contribution in [3.63, 3.8) is 0 Å². The van der Waals surface area contributed by atoms with Gasteiger partial charge in [-0.25, -0.2) is 0 Å². The smallest absolute Gasteiger partial charge is 0.228 e. The molecule has 3 fully saturated rings. The number of fused-ring (bicyclic) bond motifs is 5. The highest BCUT2D eigenvalue weighted by Crippen LogP contribution is 2.38. The van der Waals surface area contributed by atoms with Gasteiger partial charge in [-0.05, 0) is 49.7 Å². The maximum absolute atomic E-state index is 12.5. The number of para-hydroxylation sites is 1. The summed E-state index contributed by atoms with van der Waals surface area (Å²) in [6.07, 6.45) is 5.81. The molecule has 0 spiro atoms. The van der Waals surface area contributed by atoms with Crippen LogP contribution in [0.4, 0.5) is 0 Å². The van der Waals surface area contributed by atoms with Gasteiger partial charge in [-0.2, -0.15) is 0 Å². The first kappa shape index (κ1) is 19.3. The van der Waals surface area contributed by atoms with Gasteiger partial charge in [-0.3, -0.25) is 9.69 Å². The average Bonchev–Trinajstić information content (AvgIpc) is 3.07. The van der Waals surface area contributed by atoms with Crippen LogP contribution < -0.4 is 10.1 Å². The number of carbonyl (C=O) groups excluding carboxylic acids is 1. The van der Waals surface area contributed by atoms with E-state index in [0.717, 1.165) is 50.9 Å². The van der Waals surface area contributed by atoms with Gasteiger partial charge in [0.05, 0.1) is 37.9 Å². The summed E-state index contributed by atoms with van der Waals surface area (Å²) in [4.78, 5) is 14.9. The Morgan fingerprint density at radius 2 is 1.83 bits per heavy atom. The first-order valence-corrected chi connectivity index (χ1v) is 11.2. The van der Waals surface area contributed by atoms with Crippen LogP contribution in [-0.4, -0.2) is 68.5 Å². The number of hydrogen-bond acceptors (Lipinski definition) is 5. The monoisotopic (exact) mass is 400 g/mol. The van der Waals surface area contributed by atoms with Crippen LogP contribution in [0.3, 0.4) is 0 Å². The summed E-state index contributed by atoms with van der Waals surface area (Å²) in [6.45, 7) is 4.30. The molecule has 2 bridgehead atoms. The maximum atomic E-state index is 12.5. The van der Waals surface area contributed by atoms with Gasteiger partial charge in [0.25, 0.3) is 0 Å². The van der Waals surface area contributed by atoms with Crippen molar-refractivity contribution in [2.24, 2.45) is 5.92 Å². The van der Waals surface area contributed by atoms with Gasteiger partial charge in [-0.1, -0.05) is 18.2 Å². The summed E-state index contributed by atoms with van der Waals surface area (Å²) < 4.78 is 17.8. The SMILES string of the molecule is O=C(N[C@H]1CCN2CCOc3ccccc3C3CCC(CC3)OCC12)C1COC1. The van der Waals surface area contributed by atoms with Crippen molar-refractivity contribution in [3.05, 3.63) is 29.8 Å². The van der Waals surface area contributed by atoms with Crippen LogP contribution in [0.1, 0.15) is 43.6 Å². The molecule has 2 saturated heterocycles. The van der Waals surface area contributed by atoms with Crippen LogP contribution in [0.5, 0.6) is 5.75 Å². The minimum absolute atomic E-state index is 0.0230. The lowest BCUT2D eigenvalue weighted by Crippen LogP contribution is -2.52. The summed E-state index contributed by atoms with van der Waals surface area (Å²) in [7, 11) is 0. The molecule has 1 aromatic carbocycles. The number of ether oxygens (including phenoxy) is 3. The van der Waals surface area contributed by atoms with Gasteiger partial charge >= 0.3 is 0 Å². The van der Waals surface area contributed by atoms with Gasteiger partial charge < -0.3 is 19.5 Å². The molecule has 6 rings (SSSR count). The van der Waals surface area contributed by atoms with E-state index in [1.54, 1.807) is 0 Å². The molecule has 5 aliphatic rings. The van der Waals surface area contributed by atoms with Gasteiger partial charge in [0.2, 0.25) is 5.91 Å². The lowest BCUT2D eigenvalue weighted by atomic mass is 9.82. The highest BCUT2D eigenvalue weighted by Gasteiger charge is 2.38. The first-order valence-electron chi connectivity index (χ1n) is 11.2. The molecule has 1 saturated carbocycles. The quantitative estimate of drug-likeness (QED) is 0.826. The first-order chi connectivity index (χ1) is 14.3. The fraction of sp³-hybridized carbons (Fsp3) is 0.696. The van der Waals surface area contributed by atoms with Crippen LogP contribution in [0.25, 0.3) is 0 Å². The van der Waals surface area contributed by atoms with Crippen LogP contribution in [0, 0.1) is 5.92 Å². The van der Waals surface area contributed by atoms with Gasteiger partial charge in [0.15, 0.2) is 0 Å². The van der Waals surface area contributed by atoms with E-state index in [0.29, 0.717) is 38.4 Å². The second-order valence-electron chi connectivity index (χ2n) is 8.93. The third-order valence-corrected chi connectivity index (χ3v) is 7.17. The standard InChI is InChI=1S/C23H32N2O4/c26-23(17-13-27-14-17)24-20-9-10-25-11-12-28-22-4-2-1-3-19(22)16-5-7-18(8-6-16)29-15-21(20)25/h1-4,16-18,20-21H,5-15H2,(H,24,26)/t16?,18?,20-,21?/m0/s1. The molecule has 4 heterocycles. The van der Waals surface area contributed by atoms with Crippen molar-refractivity contribution in [1.82, 2.24) is 10.2 Å². The Hall–Kier alpha value is -1.63. The predicted molar refractivity (Wildman–Crippen MR) is 109 cm³/mol. The highest BCUT2D eigenvalue weighted by atomic mass is 16.5. The average molecular weight is 401 g/mol. The number of nitrogens with one attached hydrogen (secondary N) is 1. The number of rotatable bonds is 2. The molecule has 1 aliphatic carbocycles. The van der Waals surface area contributed by atoms with Gasteiger partial charge in [0, 0.05) is 19.1 Å². The molecule has 158 valence electrons. The van der Waals surface area contributed by atoms with Crippen molar-refractivity contribution in [2.45, 2.75) is 56.2 Å². The fourth-order valence-corrected chi connectivity index (χ4v) is 5.27. The molecule has 6 heteroatoms.